The van der Waals surface area contributed by atoms with Crippen LogP contribution in [0.1, 0.15) is 60.9 Å². The molecule has 2 aliphatic rings. The van der Waals surface area contributed by atoms with Crippen molar-refractivity contribution in [3.8, 4) is 0 Å². The van der Waals surface area contributed by atoms with Gasteiger partial charge >= 0.3 is 0 Å². The molecule has 1 saturated heterocycles. The van der Waals surface area contributed by atoms with Crippen molar-refractivity contribution >= 4 is 39.2 Å². The third kappa shape index (κ3) is 6.43. The van der Waals surface area contributed by atoms with Crippen LogP contribution in [0.15, 0.2) is 70.6 Å². The summed E-state index contributed by atoms with van der Waals surface area (Å²) in [7, 11) is -3.93. The lowest BCUT2D eigenvalue weighted by atomic mass is 9.83. The fourth-order valence-electron chi connectivity index (χ4n) is 5.69. The number of aliphatic imine (C=N–C) groups is 1. The number of amides is 1. The van der Waals surface area contributed by atoms with E-state index in [9.17, 15) is 22.0 Å². The van der Waals surface area contributed by atoms with Crippen molar-refractivity contribution in [2.45, 2.75) is 49.8 Å². The first kappa shape index (κ1) is 28.7. The largest absolute Gasteiger partial charge is 0.368 e. The molecule has 41 heavy (non-hydrogen) atoms. The predicted octanol–water partition coefficient (Wildman–Crippen LogP) is 6.50. The SMILES string of the molecule is C/C=N\c1c(C2CCCCC2)cccc1S(=O)(=O)Nc1ccc(C(=O)N2CCN(c3ccc(F)c(F)c3)CC2)cc1. The summed E-state index contributed by atoms with van der Waals surface area (Å²) in [5, 5.41) is 0. The van der Waals surface area contributed by atoms with Gasteiger partial charge in [-0.1, -0.05) is 31.4 Å². The molecular formula is C31H34F2N4O3S. The van der Waals surface area contributed by atoms with E-state index >= 15 is 0 Å². The lowest BCUT2D eigenvalue weighted by molar-refractivity contribution is 0.0746. The topological polar surface area (TPSA) is 82.1 Å². The Labute approximate surface area is 239 Å². The van der Waals surface area contributed by atoms with Gasteiger partial charge in [0.2, 0.25) is 0 Å². The molecule has 1 heterocycles. The summed E-state index contributed by atoms with van der Waals surface area (Å²) < 4.78 is 56.5. The number of nitrogens with zero attached hydrogens (tertiary/aromatic N) is 3. The number of nitrogens with one attached hydrogen (secondary N) is 1. The summed E-state index contributed by atoms with van der Waals surface area (Å²) in [5.41, 5.74) is 2.81. The van der Waals surface area contributed by atoms with Crippen molar-refractivity contribution in [3.05, 3.63) is 83.4 Å². The average Bonchev–Trinajstić information content (AvgIpc) is 2.99. The predicted molar refractivity (Wildman–Crippen MR) is 158 cm³/mol. The number of carbonyl (C=O) groups is 1. The maximum Gasteiger partial charge on any atom is 0.264 e. The summed E-state index contributed by atoms with van der Waals surface area (Å²) in [6.07, 6.45) is 7.14. The fraction of sp³-hybridized carbons (Fsp3) is 0.355. The Morgan fingerprint density at radius 2 is 1.63 bits per heavy atom. The number of hydrogen-bond donors (Lipinski definition) is 1. The zero-order chi connectivity index (χ0) is 29.0. The molecule has 0 aromatic heterocycles. The monoisotopic (exact) mass is 580 g/mol. The Balaban J connectivity index is 1.26. The number of sulfonamides is 1. The number of hydrogen-bond acceptors (Lipinski definition) is 5. The Morgan fingerprint density at radius 1 is 0.927 bits per heavy atom. The number of benzene rings is 3. The number of rotatable bonds is 7. The minimum Gasteiger partial charge on any atom is -0.368 e. The summed E-state index contributed by atoms with van der Waals surface area (Å²) in [5.74, 6) is -1.68. The molecule has 0 spiro atoms. The van der Waals surface area contributed by atoms with Crippen molar-refractivity contribution in [3.63, 3.8) is 0 Å². The smallest absolute Gasteiger partial charge is 0.264 e. The van der Waals surface area contributed by atoms with Crippen LogP contribution in [0.5, 0.6) is 0 Å². The van der Waals surface area contributed by atoms with Gasteiger partial charge in [0.25, 0.3) is 15.9 Å². The molecule has 5 rings (SSSR count). The molecule has 1 N–H and O–H groups in total. The van der Waals surface area contributed by atoms with Gasteiger partial charge in [-0.05, 0) is 73.7 Å². The maximum absolute atomic E-state index is 13.6. The third-order valence-corrected chi connectivity index (χ3v) is 9.26. The zero-order valence-corrected chi connectivity index (χ0v) is 23.8. The number of carbonyl (C=O) groups excluding carboxylic acids is 1. The van der Waals surface area contributed by atoms with Gasteiger partial charge in [0, 0.05) is 55.4 Å². The Kier molecular flexibility index (Phi) is 8.68. The van der Waals surface area contributed by atoms with Crippen LogP contribution in [0.3, 0.4) is 0 Å². The van der Waals surface area contributed by atoms with Gasteiger partial charge in [-0.3, -0.25) is 14.5 Å². The van der Waals surface area contributed by atoms with E-state index in [-0.39, 0.29) is 10.8 Å². The van der Waals surface area contributed by atoms with Crippen LogP contribution >= 0.6 is 0 Å². The molecular weight excluding hydrogens is 546 g/mol. The minimum atomic E-state index is -3.93. The molecule has 1 amide bonds. The first-order chi connectivity index (χ1) is 19.8. The van der Waals surface area contributed by atoms with Gasteiger partial charge < -0.3 is 9.80 Å². The highest BCUT2D eigenvalue weighted by molar-refractivity contribution is 7.92. The van der Waals surface area contributed by atoms with Gasteiger partial charge in [-0.25, -0.2) is 17.2 Å². The molecule has 2 fully saturated rings. The Hall–Kier alpha value is -3.79. The standard InChI is InChI=1S/C31H34F2N4O3S/c1-2-34-30-26(22-7-4-3-5-8-22)9-6-10-29(30)41(39,40)35-24-13-11-23(12-14-24)31(38)37-19-17-36(18-20-37)25-15-16-27(32)28(33)21-25/h2,6,9-16,21-22,35H,3-5,7-8,17-20H2,1H3/b34-2-. The number of para-hydroxylation sites is 1. The molecule has 0 atom stereocenters. The highest BCUT2D eigenvalue weighted by atomic mass is 32.2. The van der Waals surface area contributed by atoms with E-state index in [1.165, 1.54) is 12.5 Å². The fourth-order valence-corrected chi connectivity index (χ4v) is 6.93. The summed E-state index contributed by atoms with van der Waals surface area (Å²) in [4.78, 5) is 21.3. The van der Waals surface area contributed by atoms with E-state index in [1.54, 1.807) is 54.4 Å². The first-order valence-corrected chi connectivity index (χ1v) is 15.5. The van der Waals surface area contributed by atoms with Crippen LogP contribution in [-0.2, 0) is 10.0 Å². The Morgan fingerprint density at radius 3 is 2.29 bits per heavy atom. The average molecular weight is 581 g/mol. The van der Waals surface area contributed by atoms with Crippen molar-refractivity contribution in [1.82, 2.24) is 4.90 Å². The minimum absolute atomic E-state index is 0.137. The second-order valence-electron chi connectivity index (χ2n) is 10.5. The number of anilines is 2. The highest BCUT2D eigenvalue weighted by Gasteiger charge is 2.26. The van der Waals surface area contributed by atoms with E-state index in [2.05, 4.69) is 9.71 Å². The lowest BCUT2D eigenvalue weighted by Crippen LogP contribution is -2.48. The Bertz CT molecular complexity index is 1530. The second kappa shape index (κ2) is 12.4. The molecule has 0 unspecified atom stereocenters. The summed E-state index contributed by atoms with van der Waals surface area (Å²) in [6, 6.07) is 15.5. The molecule has 216 valence electrons. The molecule has 1 saturated carbocycles. The molecule has 3 aromatic rings. The third-order valence-electron chi connectivity index (χ3n) is 7.84. The van der Waals surface area contributed by atoms with E-state index in [0.717, 1.165) is 43.4 Å². The van der Waals surface area contributed by atoms with Gasteiger partial charge in [0.15, 0.2) is 11.6 Å². The lowest BCUT2D eigenvalue weighted by Gasteiger charge is -2.36. The van der Waals surface area contributed by atoms with E-state index in [4.69, 9.17) is 0 Å². The van der Waals surface area contributed by atoms with Crippen LogP contribution in [-0.4, -0.2) is 51.6 Å². The van der Waals surface area contributed by atoms with Crippen LogP contribution in [0, 0.1) is 11.6 Å². The number of halogens is 2. The van der Waals surface area contributed by atoms with Gasteiger partial charge in [-0.2, -0.15) is 0 Å². The molecule has 7 nitrogen and oxygen atoms in total. The van der Waals surface area contributed by atoms with Crippen molar-refractivity contribution in [2.75, 3.05) is 35.8 Å². The van der Waals surface area contributed by atoms with E-state index in [0.29, 0.717) is 54.7 Å². The van der Waals surface area contributed by atoms with Crippen LogP contribution in [0.2, 0.25) is 0 Å². The van der Waals surface area contributed by atoms with Crippen LogP contribution < -0.4 is 9.62 Å². The van der Waals surface area contributed by atoms with Gasteiger partial charge in [0.1, 0.15) is 4.90 Å². The molecule has 10 heteroatoms. The highest BCUT2D eigenvalue weighted by Crippen LogP contribution is 2.40. The number of piperazine rings is 1. The van der Waals surface area contributed by atoms with Gasteiger partial charge in [0.05, 0.1) is 5.69 Å². The quantitative estimate of drug-likeness (QED) is 0.324. The maximum atomic E-state index is 13.6. The van der Waals surface area contributed by atoms with Gasteiger partial charge in [-0.15, -0.1) is 0 Å². The van der Waals surface area contributed by atoms with E-state index < -0.39 is 21.7 Å². The van der Waals surface area contributed by atoms with Crippen LogP contribution in [0.25, 0.3) is 0 Å². The zero-order valence-electron chi connectivity index (χ0n) is 23.0. The summed E-state index contributed by atoms with van der Waals surface area (Å²) >= 11 is 0. The molecule has 3 aromatic carbocycles. The van der Waals surface area contributed by atoms with Crippen molar-refractivity contribution in [2.24, 2.45) is 4.99 Å². The molecule has 1 aliphatic heterocycles. The first-order valence-electron chi connectivity index (χ1n) is 14.0. The van der Waals surface area contributed by atoms with Crippen molar-refractivity contribution < 1.29 is 22.0 Å². The summed E-state index contributed by atoms with van der Waals surface area (Å²) in [6.45, 7) is 3.59. The van der Waals surface area contributed by atoms with Crippen molar-refractivity contribution in [1.29, 1.82) is 0 Å². The second-order valence-corrected chi connectivity index (χ2v) is 12.1. The molecule has 1 aliphatic carbocycles. The normalized spacial score (nSPS) is 16.8. The van der Waals surface area contributed by atoms with Crippen LogP contribution in [0.4, 0.5) is 25.8 Å². The molecule has 0 bridgehead atoms. The molecule has 0 radical (unpaired) electrons. The van der Waals surface area contributed by atoms with E-state index in [1.807, 2.05) is 11.0 Å².